The summed E-state index contributed by atoms with van der Waals surface area (Å²) in [4.78, 5) is 0. The summed E-state index contributed by atoms with van der Waals surface area (Å²) >= 11 is 0. The van der Waals surface area contributed by atoms with Crippen LogP contribution in [0.4, 0.5) is 0 Å². The Labute approximate surface area is 466 Å². The summed E-state index contributed by atoms with van der Waals surface area (Å²) in [6.07, 6.45) is 15.2. The Kier molecular flexibility index (Phi) is 10.8. The molecular formula is C78H56N2. The summed E-state index contributed by atoms with van der Waals surface area (Å²) in [5.74, 6) is 0. The Bertz CT molecular complexity index is 4540. The molecule has 80 heavy (non-hydrogen) atoms. The van der Waals surface area contributed by atoms with Crippen LogP contribution in [0.25, 0.3) is 134 Å². The molecule has 2 aliphatic rings. The van der Waals surface area contributed by atoms with E-state index < -0.39 is 0 Å². The number of fused-ring (bicyclic) bond motifs is 13. The van der Waals surface area contributed by atoms with Crippen LogP contribution in [0.15, 0.2) is 255 Å². The van der Waals surface area contributed by atoms with E-state index >= 15 is 0 Å². The van der Waals surface area contributed by atoms with Gasteiger partial charge in [0, 0.05) is 38.3 Å². The molecule has 1 saturated carbocycles. The summed E-state index contributed by atoms with van der Waals surface area (Å²) in [5, 5.41) is 10.1. The van der Waals surface area contributed by atoms with Crippen LogP contribution in [0.2, 0.25) is 0 Å². The van der Waals surface area contributed by atoms with E-state index in [9.17, 15) is 0 Å². The maximum absolute atomic E-state index is 2.54. The zero-order valence-corrected chi connectivity index (χ0v) is 44.5. The van der Waals surface area contributed by atoms with Crippen LogP contribution >= 0.6 is 0 Å². The van der Waals surface area contributed by atoms with E-state index in [0.29, 0.717) is 0 Å². The summed E-state index contributed by atoms with van der Waals surface area (Å²) in [5.41, 5.74) is 23.0. The van der Waals surface area contributed by atoms with Gasteiger partial charge in [-0.25, -0.2) is 0 Å². The third-order valence-corrected chi connectivity index (χ3v) is 17.9. The molecule has 2 aliphatic carbocycles. The molecule has 14 aromatic rings. The first kappa shape index (κ1) is 46.3. The number of hydrogen-bond acceptors (Lipinski definition) is 0. The van der Waals surface area contributed by atoms with Gasteiger partial charge < -0.3 is 9.13 Å². The van der Waals surface area contributed by atoms with Gasteiger partial charge in [-0.1, -0.05) is 226 Å². The van der Waals surface area contributed by atoms with Crippen molar-refractivity contribution >= 4 is 89.5 Å². The van der Waals surface area contributed by atoms with Crippen LogP contribution in [0.5, 0.6) is 0 Å². The van der Waals surface area contributed by atoms with Gasteiger partial charge in [0.2, 0.25) is 0 Å². The van der Waals surface area contributed by atoms with E-state index in [4.69, 9.17) is 0 Å². The lowest BCUT2D eigenvalue weighted by Gasteiger charge is -2.36. The molecule has 0 radical (unpaired) electrons. The number of hydrogen-bond donors (Lipinski definition) is 0. The highest BCUT2D eigenvalue weighted by molar-refractivity contribution is 6.11. The molecule has 2 aromatic heterocycles. The summed E-state index contributed by atoms with van der Waals surface area (Å²) in [7, 11) is 0. The summed E-state index contributed by atoms with van der Waals surface area (Å²) in [6, 6.07) is 95.0. The number of para-hydroxylation sites is 2. The van der Waals surface area contributed by atoms with Crippen molar-refractivity contribution in [2.45, 2.75) is 37.5 Å². The highest BCUT2D eigenvalue weighted by Gasteiger charge is 2.44. The number of benzene rings is 12. The molecule has 0 amide bonds. The zero-order chi connectivity index (χ0) is 52.7. The average Bonchev–Trinajstić information content (AvgIpc) is 4.17. The van der Waals surface area contributed by atoms with Crippen molar-refractivity contribution in [2.24, 2.45) is 0 Å². The molecule has 0 N–H and O–H groups in total. The summed E-state index contributed by atoms with van der Waals surface area (Å²) in [6.45, 7) is 0. The highest BCUT2D eigenvalue weighted by atomic mass is 15.0. The molecule has 2 heteroatoms. The minimum Gasteiger partial charge on any atom is -0.309 e. The van der Waals surface area contributed by atoms with Crippen molar-refractivity contribution in [1.82, 2.24) is 9.13 Å². The second-order valence-electron chi connectivity index (χ2n) is 22.4. The van der Waals surface area contributed by atoms with Gasteiger partial charge in [-0.2, -0.15) is 0 Å². The van der Waals surface area contributed by atoms with Gasteiger partial charge in [0.15, 0.2) is 0 Å². The molecule has 0 bridgehead atoms. The molecule has 12 aromatic carbocycles. The molecular weight excluding hydrogens is 965 g/mol. The molecule has 1 spiro atoms. The third kappa shape index (κ3) is 7.69. The fraction of sp³-hybridized carbons (Fsp3) is 0.0769. The van der Waals surface area contributed by atoms with E-state index in [1.807, 2.05) is 0 Å². The van der Waals surface area contributed by atoms with Gasteiger partial charge in [-0.15, -0.1) is 0 Å². The van der Waals surface area contributed by atoms with Gasteiger partial charge >= 0.3 is 0 Å². The standard InChI is InChI=1S/C78H56N2/c1-10-44-78(45-11-1)72-50-62(58-30-24-52(25-31-58)20-22-54-28-42-76-70(46-54)68-16-6-8-18-74(68)79(76)64-38-34-56-12-2-4-14-60(56)48-64)36-40-66(72)67-41-37-63(51-73(67)78)59-32-26-53(27-33-59)21-23-55-29-43-77-71(47-55)69-17-7-9-19-75(69)80(77)65-39-35-57-13-3-5-15-61(57)49-65/h2-9,12-43,46-51H,1,10-11,44-45H2/b22-20+,23-21+. The molecule has 0 unspecified atom stereocenters. The van der Waals surface area contributed by atoms with Crippen molar-refractivity contribution < 1.29 is 0 Å². The molecule has 2 nitrogen and oxygen atoms in total. The predicted octanol–water partition coefficient (Wildman–Crippen LogP) is 21.1. The normalized spacial score (nSPS) is 14.0. The van der Waals surface area contributed by atoms with Crippen molar-refractivity contribution in [3.63, 3.8) is 0 Å². The lowest BCUT2D eigenvalue weighted by Crippen LogP contribution is -2.28. The quantitative estimate of drug-likeness (QED) is 0.134. The predicted molar refractivity (Wildman–Crippen MR) is 341 cm³/mol. The van der Waals surface area contributed by atoms with E-state index in [1.54, 1.807) is 0 Å². The fourth-order valence-corrected chi connectivity index (χ4v) is 13.9. The van der Waals surface area contributed by atoms with Crippen molar-refractivity contribution in [1.29, 1.82) is 0 Å². The second-order valence-corrected chi connectivity index (χ2v) is 22.4. The highest BCUT2D eigenvalue weighted by Crippen LogP contribution is 2.57. The van der Waals surface area contributed by atoms with E-state index in [0.717, 1.165) is 0 Å². The van der Waals surface area contributed by atoms with Crippen molar-refractivity contribution in [2.75, 3.05) is 0 Å². The van der Waals surface area contributed by atoms with Gasteiger partial charge in [-0.05, 0) is 174 Å². The first-order valence-electron chi connectivity index (χ1n) is 28.5. The first-order valence-corrected chi connectivity index (χ1v) is 28.5. The minimum absolute atomic E-state index is 0.0338. The Hall–Kier alpha value is -9.76. The molecule has 0 saturated heterocycles. The van der Waals surface area contributed by atoms with Crippen LogP contribution in [0, 0.1) is 0 Å². The Morgan fingerprint density at radius 2 is 0.662 bits per heavy atom. The topological polar surface area (TPSA) is 9.86 Å². The molecule has 2 heterocycles. The summed E-state index contributed by atoms with van der Waals surface area (Å²) < 4.78 is 4.81. The SMILES string of the molecule is C(=C\c1ccc2c(c1)c1ccccc1n2-c1ccc2ccccc2c1)/c1ccc(-c2ccc3c(c2)C2(CCCCC2)c2cc(-c4ccc(/C=C/c5ccc6c(c5)c5ccccc5n6-c5ccc6ccccc6c5)cc4)ccc2-3)cc1. The molecule has 0 atom stereocenters. The lowest BCUT2D eigenvalue weighted by molar-refractivity contribution is 0.353. The monoisotopic (exact) mass is 1020 g/mol. The van der Waals surface area contributed by atoms with Gasteiger partial charge in [-0.3, -0.25) is 0 Å². The minimum atomic E-state index is 0.0338. The maximum atomic E-state index is 2.54. The molecule has 16 rings (SSSR count). The van der Waals surface area contributed by atoms with E-state index in [1.165, 1.54) is 175 Å². The van der Waals surface area contributed by atoms with Crippen molar-refractivity contribution in [3.8, 4) is 44.8 Å². The average molecular weight is 1020 g/mol. The van der Waals surface area contributed by atoms with Crippen LogP contribution in [0.3, 0.4) is 0 Å². The van der Waals surface area contributed by atoms with E-state index in [2.05, 4.69) is 288 Å². The Morgan fingerprint density at radius 1 is 0.275 bits per heavy atom. The largest absolute Gasteiger partial charge is 0.309 e. The maximum Gasteiger partial charge on any atom is 0.0541 e. The van der Waals surface area contributed by atoms with Crippen LogP contribution < -0.4 is 0 Å². The lowest BCUT2D eigenvalue weighted by atomic mass is 9.67. The molecule has 0 aliphatic heterocycles. The fourth-order valence-electron chi connectivity index (χ4n) is 13.9. The number of aromatic nitrogens is 2. The second kappa shape index (κ2) is 18.7. The molecule has 378 valence electrons. The zero-order valence-electron chi connectivity index (χ0n) is 44.5. The third-order valence-electron chi connectivity index (χ3n) is 17.9. The van der Waals surface area contributed by atoms with Crippen molar-refractivity contribution in [3.05, 3.63) is 288 Å². The van der Waals surface area contributed by atoms with Gasteiger partial charge in [0.1, 0.15) is 0 Å². The number of nitrogens with zero attached hydrogens (tertiary/aromatic N) is 2. The smallest absolute Gasteiger partial charge is 0.0541 e. The van der Waals surface area contributed by atoms with Gasteiger partial charge in [0.05, 0.1) is 22.1 Å². The number of rotatable bonds is 8. The molecule has 1 fully saturated rings. The van der Waals surface area contributed by atoms with E-state index in [-0.39, 0.29) is 5.41 Å². The van der Waals surface area contributed by atoms with Gasteiger partial charge in [0.25, 0.3) is 0 Å². The van der Waals surface area contributed by atoms with Crippen LogP contribution in [-0.2, 0) is 5.41 Å². The van der Waals surface area contributed by atoms with Crippen LogP contribution in [-0.4, -0.2) is 9.13 Å². The Morgan fingerprint density at radius 3 is 1.14 bits per heavy atom. The van der Waals surface area contributed by atoms with Crippen LogP contribution in [0.1, 0.15) is 65.5 Å². The Balaban J connectivity index is 0.646. The first-order chi connectivity index (χ1) is 39.6.